The first-order valence-electron chi connectivity index (χ1n) is 5.09. The molecule has 0 saturated heterocycles. The van der Waals surface area contributed by atoms with Gasteiger partial charge in [-0.25, -0.2) is 4.98 Å². The SMILES string of the molecule is Clc1ccc2oc(C=Cc3cccs3)nc2c1. The summed E-state index contributed by atoms with van der Waals surface area (Å²) in [5, 5.41) is 2.70. The average molecular weight is 262 g/mol. The van der Waals surface area contributed by atoms with Crippen molar-refractivity contribution in [3.63, 3.8) is 0 Å². The molecule has 17 heavy (non-hydrogen) atoms. The van der Waals surface area contributed by atoms with Gasteiger partial charge in [0, 0.05) is 16.0 Å². The van der Waals surface area contributed by atoms with Crippen LogP contribution in [-0.2, 0) is 0 Å². The summed E-state index contributed by atoms with van der Waals surface area (Å²) in [6.07, 6.45) is 3.84. The van der Waals surface area contributed by atoms with E-state index >= 15 is 0 Å². The zero-order valence-corrected chi connectivity index (χ0v) is 10.3. The molecule has 0 saturated carbocycles. The van der Waals surface area contributed by atoms with Gasteiger partial charge in [0.1, 0.15) is 5.52 Å². The molecule has 2 nitrogen and oxygen atoms in total. The van der Waals surface area contributed by atoms with Crippen LogP contribution in [0, 0.1) is 0 Å². The number of benzene rings is 1. The van der Waals surface area contributed by atoms with E-state index in [0.717, 1.165) is 11.1 Å². The molecule has 0 aliphatic carbocycles. The average Bonchev–Trinajstić information content (AvgIpc) is 2.94. The zero-order valence-electron chi connectivity index (χ0n) is 8.76. The van der Waals surface area contributed by atoms with E-state index in [1.807, 2.05) is 35.7 Å². The highest BCUT2D eigenvalue weighted by atomic mass is 35.5. The van der Waals surface area contributed by atoms with Gasteiger partial charge in [-0.15, -0.1) is 11.3 Å². The fraction of sp³-hybridized carbons (Fsp3) is 0. The van der Waals surface area contributed by atoms with Crippen molar-refractivity contribution in [1.29, 1.82) is 0 Å². The fourth-order valence-electron chi connectivity index (χ4n) is 1.53. The molecule has 0 radical (unpaired) electrons. The van der Waals surface area contributed by atoms with Gasteiger partial charge in [0.15, 0.2) is 5.58 Å². The largest absolute Gasteiger partial charge is 0.437 e. The van der Waals surface area contributed by atoms with Gasteiger partial charge in [0.05, 0.1) is 0 Å². The number of halogens is 1. The second-order valence-electron chi connectivity index (χ2n) is 3.51. The highest BCUT2D eigenvalue weighted by Crippen LogP contribution is 2.21. The van der Waals surface area contributed by atoms with Gasteiger partial charge in [-0.2, -0.15) is 0 Å². The minimum absolute atomic E-state index is 0.593. The lowest BCUT2D eigenvalue weighted by atomic mass is 10.3. The molecule has 0 fully saturated rings. The minimum atomic E-state index is 0.593. The maximum Gasteiger partial charge on any atom is 0.220 e. The van der Waals surface area contributed by atoms with E-state index in [0.29, 0.717) is 10.9 Å². The van der Waals surface area contributed by atoms with Crippen LogP contribution < -0.4 is 0 Å². The van der Waals surface area contributed by atoms with E-state index < -0.39 is 0 Å². The van der Waals surface area contributed by atoms with Crippen molar-refractivity contribution >= 4 is 46.2 Å². The van der Waals surface area contributed by atoms with Gasteiger partial charge in [-0.1, -0.05) is 17.7 Å². The number of hydrogen-bond donors (Lipinski definition) is 0. The normalized spacial score (nSPS) is 11.6. The van der Waals surface area contributed by atoms with Gasteiger partial charge in [-0.05, 0) is 35.7 Å². The number of oxazole rings is 1. The third-order valence-corrected chi connectivity index (χ3v) is 3.37. The van der Waals surface area contributed by atoms with Crippen LogP contribution >= 0.6 is 22.9 Å². The van der Waals surface area contributed by atoms with Gasteiger partial charge in [0.2, 0.25) is 5.89 Å². The van der Waals surface area contributed by atoms with E-state index in [9.17, 15) is 0 Å². The molecule has 0 N–H and O–H groups in total. The first kappa shape index (κ1) is 10.6. The number of hydrogen-bond acceptors (Lipinski definition) is 3. The Morgan fingerprint density at radius 3 is 3.00 bits per heavy atom. The van der Waals surface area contributed by atoms with Crippen LogP contribution in [0.3, 0.4) is 0 Å². The molecule has 4 heteroatoms. The molecule has 1 aromatic carbocycles. The summed E-state index contributed by atoms with van der Waals surface area (Å²) >= 11 is 7.56. The monoisotopic (exact) mass is 261 g/mol. The fourth-order valence-corrected chi connectivity index (χ4v) is 2.31. The van der Waals surface area contributed by atoms with Crippen LogP contribution in [0.5, 0.6) is 0 Å². The Labute approximate surface area is 107 Å². The number of rotatable bonds is 2. The number of aromatic nitrogens is 1. The quantitative estimate of drug-likeness (QED) is 0.667. The smallest absolute Gasteiger partial charge is 0.220 e. The van der Waals surface area contributed by atoms with Crippen LogP contribution in [0.15, 0.2) is 40.1 Å². The molecule has 2 aromatic heterocycles. The van der Waals surface area contributed by atoms with Crippen molar-refractivity contribution in [2.24, 2.45) is 0 Å². The van der Waals surface area contributed by atoms with Crippen LogP contribution in [0.1, 0.15) is 10.8 Å². The Morgan fingerprint density at radius 2 is 2.18 bits per heavy atom. The van der Waals surface area contributed by atoms with Crippen molar-refractivity contribution in [3.8, 4) is 0 Å². The molecule has 3 aromatic rings. The lowest BCUT2D eigenvalue weighted by molar-refractivity contribution is 0.590. The lowest BCUT2D eigenvalue weighted by Gasteiger charge is -1.85. The molecule has 3 rings (SSSR count). The number of fused-ring (bicyclic) bond motifs is 1. The Balaban J connectivity index is 1.96. The van der Waals surface area contributed by atoms with Crippen molar-refractivity contribution in [3.05, 3.63) is 51.5 Å². The Bertz CT molecular complexity index is 670. The predicted octanol–water partition coefficient (Wildman–Crippen LogP) is 4.71. The molecule has 0 atom stereocenters. The second-order valence-corrected chi connectivity index (χ2v) is 4.93. The summed E-state index contributed by atoms with van der Waals surface area (Å²) in [7, 11) is 0. The molecule has 0 amide bonds. The van der Waals surface area contributed by atoms with Gasteiger partial charge in [-0.3, -0.25) is 0 Å². The summed E-state index contributed by atoms with van der Waals surface area (Å²) in [4.78, 5) is 5.51. The molecule has 84 valence electrons. The predicted molar refractivity (Wildman–Crippen MR) is 72.3 cm³/mol. The molecule has 2 heterocycles. The third-order valence-electron chi connectivity index (χ3n) is 2.30. The van der Waals surface area contributed by atoms with E-state index in [1.54, 1.807) is 23.5 Å². The summed E-state index contributed by atoms with van der Waals surface area (Å²) < 4.78 is 5.57. The molecule has 0 unspecified atom stereocenters. The van der Waals surface area contributed by atoms with Crippen molar-refractivity contribution in [2.45, 2.75) is 0 Å². The molecular formula is C13H8ClNOS. The first-order valence-corrected chi connectivity index (χ1v) is 6.35. The van der Waals surface area contributed by atoms with E-state index in [1.165, 1.54) is 4.88 Å². The van der Waals surface area contributed by atoms with Crippen LogP contribution in [0.2, 0.25) is 5.02 Å². The van der Waals surface area contributed by atoms with Crippen molar-refractivity contribution in [1.82, 2.24) is 4.98 Å². The molecule has 0 aliphatic heterocycles. The van der Waals surface area contributed by atoms with E-state index in [4.69, 9.17) is 16.0 Å². The van der Waals surface area contributed by atoms with Crippen LogP contribution in [0.4, 0.5) is 0 Å². The summed E-state index contributed by atoms with van der Waals surface area (Å²) in [5.41, 5.74) is 1.53. The topological polar surface area (TPSA) is 26.0 Å². The standard InChI is InChI=1S/C13H8ClNOS/c14-9-3-5-12-11(8-9)15-13(16-12)6-4-10-2-1-7-17-10/h1-8H. The Kier molecular flexibility index (Phi) is 2.71. The zero-order chi connectivity index (χ0) is 11.7. The van der Waals surface area contributed by atoms with Gasteiger partial charge < -0.3 is 4.42 Å². The summed E-state index contributed by atoms with van der Waals surface area (Å²) in [6, 6.07) is 9.47. The molecule has 0 bridgehead atoms. The second kappa shape index (κ2) is 4.35. The highest BCUT2D eigenvalue weighted by Gasteiger charge is 2.03. The van der Waals surface area contributed by atoms with Gasteiger partial charge in [0.25, 0.3) is 0 Å². The summed E-state index contributed by atoms with van der Waals surface area (Å²) in [5.74, 6) is 0.593. The minimum Gasteiger partial charge on any atom is -0.437 e. The van der Waals surface area contributed by atoms with E-state index in [-0.39, 0.29) is 0 Å². The maximum atomic E-state index is 5.89. The highest BCUT2D eigenvalue weighted by molar-refractivity contribution is 7.10. The maximum absolute atomic E-state index is 5.89. The number of nitrogens with zero attached hydrogens (tertiary/aromatic N) is 1. The van der Waals surface area contributed by atoms with E-state index in [2.05, 4.69) is 4.98 Å². The molecule has 0 spiro atoms. The Hall–Kier alpha value is -1.58. The Morgan fingerprint density at radius 1 is 1.24 bits per heavy atom. The van der Waals surface area contributed by atoms with Crippen molar-refractivity contribution in [2.75, 3.05) is 0 Å². The number of thiophene rings is 1. The van der Waals surface area contributed by atoms with Crippen LogP contribution in [-0.4, -0.2) is 4.98 Å². The first-order chi connectivity index (χ1) is 8.31. The van der Waals surface area contributed by atoms with Crippen molar-refractivity contribution < 1.29 is 4.42 Å². The molecular weight excluding hydrogens is 254 g/mol. The summed E-state index contributed by atoms with van der Waals surface area (Å²) in [6.45, 7) is 0. The molecule has 0 aliphatic rings. The van der Waals surface area contributed by atoms with Crippen LogP contribution in [0.25, 0.3) is 23.3 Å². The van der Waals surface area contributed by atoms with Gasteiger partial charge >= 0.3 is 0 Å². The third kappa shape index (κ3) is 2.25. The lowest BCUT2D eigenvalue weighted by Crippen LogP contribution is -1.69.